The van der Waals surface area contributed by atoms with Crippen molar-refractivity contribution in [1.29, 1.82) is 0 Å². The maximum atomic E-state index is 12.9. The predicted molar refractivity (Wildman–Crippen MR) is 331 cm³/mol. The van der Waals surface area contributed by atoms with Crippen molar-refractivity contribution in [3.05, 3.63) is 134 Å². The van der Waals surface area contributed by atoms with Crippen molar-refractivity contribution in [2.24, 2.45) is 0 Å². The number of rotatable bonds is 55. The first-order valence-electron chi connectivity index (χ1n) is 30.8. The molecule has 0 spiro atoms. The molecule has 0 aromatic rings. The van der Waals surface area contributed by atoms with Gasteiger partial charge in [0.05, 0.1) is 34.4 Å². The van der Waals surface area contributed by atoms with Crippen molar-refractivity contribution < 1.29 is 42.9 Å². The topological polar surface area (TPSA) is 108 Å². The molecule has 0 bridgehead atoms. The van der Waals surface area contributed by atoms with Crippen LogP contribution < -0.4 is 0 Å². The van der Waals surface area contributed by atoms with E-state index in [2.05, 4.69) is 148 Å². The number of hydrogen-bond acceptors (Lipinski definition) is 7. The minimum absolute atomic E-state index is 0.180. The number of hydrogen-bond donors (Lipinski definition) is 1. The van der Waals surface area contributed by atoms with E-state index in [4.69, 9.17) is 18.9 Å². The molecule has 0 aromatic carbocycles. The Bertz CT molecular complexity index is 1740. The largest absolute Gasteiger partial charge is 0.477 e. The van der Waals surface area contributed by atoms with Gasteiger partial charge in [0, 0.05) is 12.8 Å². The number of esters is 2. The average molecular weight is 1090 g/mol. The van der Waals surface area contributed by atoms with Gasteiger partial charge in [-0.1, -0.05) is 250 Å². The third-order valence-corrected chi connectivity index (χ3v) is 12.7. The number of unbranched alkanes of at least 4 members (excludes halogenated alkanes) is 18. The van der Waals surface area contributed by atoms with Crippen LogP contribution in [0.15, 0.2) is 134 Å². The first-order chi connectivity index (χ1) is 38.1. The maximum Gasteiger partial charge on any atom is 0.361 e. The highest BCUT2D eigenvalue weighted by Crippen LogP contribution is 2.15. The molecule has 0 rings (SSSR count). The number of ether oxygens (including phenoxy) is 4. The van der Waals surface area contributed by atoms with E-state index in [1.54, 1.807) is 0 Å². The van der Waals surface area contributed by atoms with E-state index in [1.807, 2.05) is 21.1 Å². The number of quaternary nitrogens is 1. The first kappa shape index (κ1) is 73.4. The van der Waals surface area contributed by atoms with Gasteiger partial charge in [0.2, 0.25) is 0 Å². The summed E-state index contributed by atoms with van der Waals surface area (Å²) in [4.78, 5) is 37.3. The molecule has 0 saturated carbocycles. The molecule has 0 aromatic heterocycles. The van der Waals surface area contributed by atoms with Crippen molar-refractivity contribution in [1.82, 2.24) is 0 Å². The highest BCUT2D eigenvalue weighted by molar-refractivity contribution is 5.71. The molecule has 0 amide bonds. The SMILES string of the molecule is CC/C=C\C/C=C\C/C=C\C/C=C\C/C=C\C/C=C\C/C=C\C/C=C\C/C=C\C/C=C\C/C=C\CCCCCCCCCC(=O)OC(COC(=O)CCCCCCCCCCCCCC)COC(OCC[N+](C)(C)C)C(=O)O. The Kier molecular flexibility index (Phi) is 55.1. The highest BCUT2D eigenvalue weighted by atomic mass is 16.7. The monoisotopic (exact) mass is 1080 g/mol. The van der Waals surface area contributed by atoms with Crippen LogP contribution in [0.4, 0.5) is 0 Å². The molecule has 0 aliphatic heterocycles. The van der Waals surface area contributed by atoms with Gasteiger partial charge in [0.1, 0.15) is 13.2 Å². The Morgan fingerprint density at radius 3 is 1.09 bits per heavy atom. The predicted octanol–water partition coefficient (Wildman–Crippen LogP) is 18.6. The normalized spacial score (nSPS) is 13.7. The van der Waals surface area contributed by atoms with Crippen molar-refractivity contribution in [3.8, 4) is 0 Å². The highest BCUT2D eigenvalue weighted by Gasteiger charge is 2.25. The Morgan fingerprint density at radius 1 is 0.397 bits per heavy atom. The summed E-state index contributed by atoms with van der Waals surface area (Å²) in [6, 6.07) is 0. The smallest absolute Gasteiger partial charge is 0.361 e. The van der Waals surface area contributed by atoms with Gasteiger partial charge in [0.15, 0.2) is 6.10 Å². The summed E-state index contributed by atoms with van der Waals surface area (Å²) < 4.78 is 22.8. The molecule has 9 nitrogen and oxygen atoms in total. The second kappa shape index (κ2) is 58.6. The fraction of sp³-hybridized carbons (Fsp3) is 0.638. The molecule has 9 heteroatoms. The van der Waals surface area contributed by atoms with Crippen molar-refractivity contribution in [3.63, 3.8) is 0 Å². The Labute approximate surface area is 478 Å². The molecule has 0 radical (unpaired) electrons. The molecule has 0 heterocycles. The number of allylic oxidation sites excluding steroid dienone is 22. The fourth-order valence-corrected chi connectivity index (χ4v) is 7.96. The summed E-state index contributed by atoms with van der Waals surface area (Å²) in [5, 5.41) is 9.69. The van der Waals surface area contributed by atoms with E-state index < -0.39 is 24.3 Å². The summed E-state index contributed by atoms with van der Waals surface area (Å²) in [7, 11) is 5.95. The van der Waals surface area contributed by atoms with Crippen LogP contribution in [0.1, 0.15) is 226 Å². The van der Waals surface area contributed by atoms with Crippen LogP contribution in [0.3, 0.4) is 0 Å². The van der Waals surface area contributed by atoms with Crippen molar-refractivity contribution in [2.75, 3.05) is 47.5 Å². The van der Waals surface area contributed by atoms with Gasteiger partial charge in [-0.05, 0) is 96.3 Å². The minimum Gasteiger partial charge on any atom is -0.477 e. The van der Waals surface area contributed by atoms with E-state index >= 15 is 0 Å². The molecular formula is C69H114NO8+. The number of carbonyl (C=O) groups excluding carboxylic acids is 2. The third kappa shape index (κ3) is 59.1. The Balaban J connectivity index is 4.16. The van der Waals surface area contributed by atoms with Crippen LogP contribution in [0.2, 0.25) is 0 Å². The zero-order chi connectivity index (χ0) is 56.9. The van der Waals surface area contributed by atoms with Crippen LogP contribution >= 0.6 is 0 Å². The van der Waals surface area contributed by atoms with Gasteiger partial charge in [0.25, 0.3) is 6.29 Å². The van der Waals surface area contributed by atoms with Crippen LogP contribution in [0, 0.1) is 0 Å². The molecule has 442 valence electrons. The van der Waals surface area contributed by atoms with Gasteiger partial charge in [-0.25, -0.2) is 4.79 Å². The van der Waals surface area contributed by atoms with Gasteiger partial charge < -0.3 is 28.5 Å². The van der Waals surface area contributed by atoms with Crippen molar-refractivity contribution in [2.45, 2.75) is 238 Å². The summed E-state index contributed by atoms with van der Waals surface area (Å²) in [5.74, 6) is -2.03. The van der Waals surface area contributed by atoms with E-state index in [1.165, 1.54) is 77.0 Å². The minimum atomic E-state index is -1.52. The zero-order valence-corrected chi connectivity index (χ0v) is 50.3. The molecular weight excluding hydrogens is 971 g/mol. The van der Waals surface area contributed by atoms with E-state index in [0.717, 1.165) is 116 Å². The first-order valence-corrected chi connectivity index (χ1v) is 30.8. The summed E-state index contributed by atoms with van der Waals surface area (Å²) in [6.07, 6.45) is 81.2. The molecule has 2 unspecified atom stereocenters. The van der Waals surface area contributed by atoms with Gasteiger partial charge in [-0.3, -0.25) is 9.59 Å². The summed E-state index contributed by atoms with van der Waals surface area (Å²) >= 11 is 0. The molecule has 0 aliphatic carbocycles. The van der Waals surface area contributed by atoms with E-state index in [-0.39, 0.29) is 32.2 Å². The number of likely N-dealkylation sites (N-methyl/N-ethyl adjacent to an activating group) is 1. The van der Waals surface area contributed by atoms with E-state index in [0.29, 0.717) is 23.9 Å². The lowest BCUT2D eigenvalue weighted by atomic mass is 10.0. The number of carbonyl (C=O) groups is 3. The quantitative estimate of drug-likeness (QED) is 0.0211. The lowest BCUT2D eigenvalue weighted by Gasteiger charge is -2.25. The van der Waals surface area contributed by atoms with Crippen LogP contribution in [0.25, 0.3) is 0 Å². The number of carboxylic acid groups (broad SMARTS) is 1. The molecule has 78 heavy (non-hydrogen) atoms. The van der Waals surface area contributed by atoms with Gasteiger partial charge in [-0.2, -0.15) is 0 Å². The zero-order valence-electron chi connectivity index (χ0n) is 50.3. The van der Waals surface area contributed by atoms with Gasteiger partial charge >= 0.3 is 17.9 Å². The van der Waals surface area contributed by atoms with Crippen molar-refractivity contribution >= 4 is 17.9 Å². The van der Waals surface area contributed by atoms with Crippen LogP contribution in [-0.4, -0.2) is 87.4 Å². The molecule has 1 N–H and O–H groups in total. The Morgan fingerprint density at radius 2 is 0.731 bits per heavy atom. The number of nitrogens with zero attached hydrogens (tertiary/aromatic N) is 1. The lowest BCUT2D eigenvalue weighted by molar-refractivity contribution is -0.870. The van der Waals surface area contributed by atoms with Crippen LogP contribution in [0.5, 0.6) is 0 Å². The average Bonchev–Trinajstić information content (AvgIpc) is 3.41. The van der Waals surface area contributed by atoms with E-state index in [9.17, 15) is 19.5 Å². The number of aliphatic carboxylic acids is 1. The molecule has 0 fully saturated rings. The summed E-state index contributed by atoms with van der Waals surface area (Å²) in [5.41, 5.74) is 0. The molecule has 0 aliphatic rings. The third-order valence-electron chi connectivity index (χ3n) is 12.7. The van der Waals surface area contributed by atoms with Gasteiger partial charge in [-0.15, -0.1) is 0 Å². The second-order valence-corrected chi connectivity index (χ2v) is 21.3. The maximum absolute atomic E-state index is 12.9. The number of carboxylic acids is 1. The Hall–Kier alpha value is -4.57. The fourth-order valence-electron chi connectivity index (χ4n) is 7.96. The standard InChI is InChI=1S/C69H113NO8/c1-6-8-10-12-14-16-18-20-21-22-23-24-25-26-27-28-29-30-31-32-33-34-35-36-37-38-39-40-41-42-43-44-45-46-47-48-50-52-54-56-58-60-67(72)78-65(64-77-69(68(73)74)75-62-61-70(3,4)5)63-76-66(71)59-57-55-53-51-49-19-17-15-13-11-9-7-2/h8,10,14,16,20-21,23-24,26-27,29-30,32-33,35-36,38-39,41-42,44-45,65,69H,6-7,9,11-13,15,17-19,22,25,28,31,34,37,40,43,46-64H2,1-5H3/p+1/b10-8-,16-14-,21-20-,24-23-,27-26-,30-29-,33-32-,36-35-,39-38-,42-41-,45-44-. The molecule has 0 saturated heterocycles. The molecule has 2 atom stereocenters. The lowest BCUT2D eigenvalue weighted by Crippen LogP contribution is -2.40. The van der Waals surface area contributed by atoms with Crippen LogP contribution in [-0.2, 0) is 33.3 Å². The summed E-state index contributed by atoms with van der Waals surface area (Å²) in [6.45, 7) is 4.73. The second-order valence-electron chi connectivity index (χ2n) is 21.3.